The molecule has 212 valence electrons. The maximum absolute atomic E-state index is 14.9. The van der Waals surface area contributed by atoms with Crippen LogP contribution in [0.15, 0.2) is 66.9 Å². The molecule has 2 aromatic carbocycles. The van der Waals surface area contributed by atoms with Gasteiger partial charge >= 0.3 is 12.1 Å². The Morgan fingerprint density at radius 2 is 1.76 bits per heavy atom. The fourth-order valence-electron chi connectivity index (χ4n) is 4.88. The summed E-state index contributed by atoms with van der Waals surface area (Å²) in [5, 5.41) is 12.8. The lowest BCUT2D eigenvalue weighted by Crippen LogP contribution is -2.31. The first kappa shape index (κ1) is 27.8. The van der Waals surface area contributed by atoms with Crippen molar-refractivity contribution in [1.82, 2.24) is 19.7 Å². The third-order valence-electron chi connectivity index (χ3n) is 6.98. The molecule has 1 N–H and O–H groups in total. The average molecular weight is 569 g/mol. The van der Waals surface area contributed by atoms with Gasteiger partial charge in [-0.05, 0) is 54.2 Å². The number of aromatic nitrogens is 3. The van der Waals surface area contributed by atoms with Crippen LogP contribution in [0.2, 0.25) is 0 Å². The van der Waals surface area contributed by atoms with Crippen LogP contribution in [-0.4, -0.2) is 50.2 Å². The zero-order valence-electron chi connectivity index (χ0n) is 21.5. The highest BCUT2D eigenvalue weighted by Crippen LogP contribution is 2.36. The number of amides is 1. The van der Waals surface area contributed by atoms with Crippen LogP contribution < -0.4 is 4.74 Å². The minimum atomic E-state index is -5.02. The largest absolute Gasteiger partial charge is 0.485 e. The molecule has 1 fully saturated rings. The summed E-state index contributed by atoms with van der Waals surface area (Å²) in [6.45, 7) is 1.45. The number of benzene rings is 2. The molecule has 5 rings (SSSR count). The van der Waals surface area contributed by atoms with Crippen LogP contribution in [0.1, 0.15) is 45.9 Å². The van der Waals surface area contributed by atoms with E-state index in [0.717, 1.165) is 30.4 Å². The van der Waals surface area contributed by atoms with E-state index in [1.807, 2.05) is 24.3 Å². The van der Waals surface area contributed by atoms with Crippen LogP contribution in [0.3, 0.4) is 0 Å². The number of likely N-dealkylation sites (tertiary alicyclic amines) is 1. The number of para-hydroxylation sites is 1. The van der Waals surface area contributed by atoms with Gasteiger partial charge in [-0.2, -0.15) is 18.3 Å². The number of carbonyl (C=O) groups is 2. The van der Waals surface area contributed by atoms with Crippen LogP contribution in [-0.2, 0) is 17.6 Å². The van der Waals surface area contributed by atoms with Crippen LogP contribution in [0.4, 0.5) is 17.6 Å². The third kappa shape index (κ3) is 5.91. The second-order valence-corrected chi connectivity index (χ2v) is 9.57. The summed E-state index contributed by atoms with van der Waals surface area (Å²) in [5.41, 5.74) is -0.267. The maximum Gasteiger partial charge on any atom is 0.434 e. The number of pyridine rings is 1. The van der Waals surface area contributed by atoms with E-state index in [2.05, 4.69) is 10.1 Å². The van der Waals surface area contributed by atoms with Gasteiger partial charge in [0, 0.05) is 18.7 Å². The van der Waals surface area contributed by atoms with Gasteiger partial charge in [-0.1, -0.05) is 36.4 Å². The standard InChI is InChI=1S/C29H24F4N4O4/c30-23-4-1-3-21(24-5-2-6-25(35-24)37-27(29(31,32)33)22(15-34-37)28(39)40)26(23)41-16-18-7-9-19(10-8-18)20-11-13-36(17-38)14-12-20/h1-10,15,17,20H,11-14,16H2,(H,39,40). The van der Waals surface area contributed by atoms with E-state index in [9.17, 15) is 32.3 Å². The van der Waals surface area contributed by atoms with Gasteiger partial charge in [0.05, 0.1) is 11.9 Å². The normalized spacial score (nSPS) is 14.2. The lowest BCUT2D eigenvalue weighted by molar-refractivity contribution is -0.143. The quantitative estimate of drug-likeness (QED) is 0.216. The molecule has 0 radical (unpaired) electrons. The Morgan fingerprint density at radius 3 is 2.41 bits per heavy atom. The molecule has 1 aliphatic rings. The van der Waals surface area contributed by atoms with E-state index < -0.39 is 29.2 Å². The number of piperidine rings is 1. The number of ether oxygens (including phenoxy) is 1. The molecule has 8 nitrogen and oxygen atoms in total. The van der Waals surface area contributed by atoms with Crippen LogP contribution >= 0.6 is 0 Å². The van der Waals surface area contributed by atoms with E-state index in [1.165, 1.54) is 36.4 Å². The van der Waals surface area contributed by atoms with Crippen molar-refractivity contribution in [3.05, 3.63) is 95.1 Å². The van der Waals surface area contributed by atoms with Gasteiger partial charge in [0.2, 0.25) is 6.41 Å². The fraction of sp³-hybridized carbons (Fsp3) is 0.241. The topological polar surface area (TPSA) is 97.6 Å². The van der Waals surface area contributed by atoms with Gasteiger partial charge in [-0.3, -0.25) is 4.79 Å². The summed E-state index contributed by atoms with van der Waals surface area (Å²) in [6.07, 6.45) is -1.79. The lowest BCUT2D eigenvalue weighted by atomic mass is 9.89. The van der Waals surface area contributed by atoms with Crippen molar-refractivity contribution in [2.75, 3.05) is 13.1 Å². The number of rotatable bonds is 8. The summed E-state index contributed by atoms with van der Waals surface area (Å²) in [4.78, 5) is 28.3. The molecule has 0 atom stereocenters. The Labute approximate surface area is 231 Å². The molecule has 1 saturated heterocycles. The minimum absolute atomic E-state index is 0.0246. The highest BCUT2D eigenvalue weighted by atomic mass is 19.4. The third-order valence-corrected chi connectivity index (χ3v) is 6.98. The first-order valence-corrected chi connectivity index (χ1v) is 12.7. The summed E-state index contributed by atoms with van der Waals surface area (Å²) in [5.74, 6) is -2.55. The Bertz CT molecular complexity index is 1560. The van der Waals surface area contributed by atoms with Crippen LogP contribution in [0, 0.1) is 5.82 Å². The number of aromatic carboxylic acids is 1. The fourth-order valence-corrected chi connectivity index (χ4v) is 4.88. The van der Waals surface area contributed by atoms with E-state index >= 15 is 0 Å². The van der Waals surface area contributed by atoms with Crippen molar-refractivity contribution >= 4 is 12.4 Å². The van der Waals surface area contributed by atoms with Crippen molar-refractivity contribution in [3.63, 3.8) is 0 Å². The molecule has 1 aliphatic heterocycles. The van der Waals surface area contributed by atoms with Crippen molar-refractivity contribution in [1.29, 1.82) is 0 Å². The molecule has 3 heterocycles. The molecule has 2 aromatic heterocycles. The van der Waals surface area contributed by atoms with E-state index in [0.29, 0.717) is 29.9 Å². The van der Waals surface area contributed by atoms with Crippen molar-refractivity contribution in [2.45, 2.75) is 31.5 Å². The summed E-state index contributed by atoms with van der Waals surface area (Å²) in [6, 6.07) is 16.0. The molecule has 4 aromatic rings. The smallest absolute Gasteiger partial charge is 0.434 e. The first-order chi connectivity index (χ1) is 19.7. The lowest BCUT2D eigenvalue weighted by Gasteiger charge is -2.29. The van der Waals surface area contributed by atoms with E-state index in [-0.39, 0.29) is 29.4 Å². The monoisotopic (exact) mass is 568 g/mol. The number of carboxylic acid groups (broad SMARTS) is 1. The van der Waals surface area contributed by atoms with Crippen molar-refractivity contribution in [3.8, 4) is 22.8 Å². The molecule has 12 heteroatoms. The summed E-state index contributed by atoms with van der Waals surface area (Å²) < 4.78 is 62.3. The molecule has 41 heavy (non-hydrogen) atoms. The summed E-state index contributed by atoms with van der Waals surface area (Å²) >= 11 is 0. The Hall–Kier alpha value is -4.74. The SMILES string of the molecule is O=CN1CCC(c2ccc(COc3c(F)cccc3-c3cccc(-n4ncc(C(=O)O)c4C(F)(F)F)n3)cc2)CC1. The van der Waals surface area contributed by atoms with Gasteiger partial charge < -0.3 is 14.7 Å². The number of hydrogen-bond acceptors (Lipinski definition) is 5. The second kappa shape index (κ2) is 11.4. The zero-order chi connectivity index (χ0) is 29.1. The van der Waals surface area contributed by atoms with Gasteiger partial charge in [-0.25, -0.2) is 18.9 Å². The predicted molar refractivity (Wildman–Crippen MR) is 139 cm³/mol. The minimum Gasteiger partial charge on any atom is -0.485 e. The summed E-state index contributed by atoms with van der Waals surface area (Å²) in [7, 11) is 0. The molecule has 0 unspecified atom stereocenters. The molecule has 0 aliphatic carbocycles. The Kier molecular flexibility index (Phi) is 7.73. The van der Waals surface area contributed by atoms with Gasteiger partial charge in [0.25, 0.3) is 0 Å². The number of hydrogen-bond donors (Lipinski definition) is 1. The highest BCUT2D eigenvalue weighted by molar-refractivity contribution is 5.89. The molecule has 0 bridgehead atoms. The number of carboxylic acids is 1. The predicted octanol–water partition coefficient (Wildman–Crippen LogP) is 5.71. The molecule has 0 saturated carbocycles. The van der Waals surface area contributed by atoms with Crippen molar-refractivity contribution < 1.29 is 37.0 Å². The number of nitrogens with zero attached hydrogens (tertiary/aromatic N) is 4. The zero-order valence-corrected chi connectivity index (χ0v) is 21.5. The van der Waals surface area contributed by atoms with Gasteiger partial charge in [0.15, 0.2) is 23.1 Å². The van der Waals surface area contributed by atoms with Crippen LogP contribution in [0.5, 0.6) is 5.75 Å². The van der Waals surface area contributed by atoms with Gasteiger partial charge in [0.1, 0.15) is 12.2 Å². The molecular weight excluding hydrogens is 544 g/mol. The molecule has 1 amide bonds. The Morgan fingerprint density at radius 1 is 1.05 bits per heavy atom. The number of carbonyl (C=O) groups excluding carboxylic acids is 1. The average Bonchev–Trinajstić information content (AvgIpc) is 3.44. The van der Waals surface area contributed by atoms with E-state index in [4.69, 9.17) is 4.74 Å². The maximum atomic E-state index is 14.9. The number of halogens is 4. The highest BCUT2D eigenvalue weighted by Gasteiger charge is 2.41. The Balaban J connectivity index is 1.38. The van der Waals surface area contributed by atoms with Gasteiger partial charge in [-0.15, -0.1) is 0 Å². The van der Waals surface area contributed by atoms with E-state index in [1.54, 1.807) is 4.90 Å². The van der Waals surface area contributed by atoms with Crippen LogP contribution in [0.25, 0.3) is 17.1 Å². The van der Waals surface area contributed by atoms with Crippen molar-refractivity contribution in [2.24, 2.45) is 0 Å². The second-order valence-electron chi connectivity index (χ2n) is 9.57. The molecule has 0 spiro atoms. The number of alkyl halides is 3. The molecular formula is C29H24F4N4O4. The first-order valence-electron chi connectivity index (χ1n) is 12.7.